The third-order valence-electron chi connectivity index (χ3n) is 4.44. The molecule has 4 aromatic rings. The van der Waals surface area contributed by atoms with Crippen LogP contribution in [0.4, 0.5) is 17.2 Å². The third kappa shape index (κ3) is 4.65. The second-order valence-corrected chi connectivity index (χ2v) is 6.68. The maximum absolute atomic E-state index is 12.5. The van der Waals surface area contributed by atoms with Crippen molar-refractivity contribution in [3.05, 3.63) is 102 Å². The van der Waals surface area contributed by atoms with E-state index in [2.05, 4.69) is 39.7 Å². The maximum atomic E-state index is 12.5. The van der Waals surface area contributed by atoms with Gasteiger partial charge in [0.15, 0.2) is 0 Å². The number of nitrogens with zero attached hydrogens (tertiary/aromatic N) is 2. The van der Waals surface area contributed by atoms with Crippen LogP contribution in [0.2, 0.25) is 0 Å². The lowest BCUT2D eigenvalue weighted by atomic mass is 10.1. The molecule has 0 aliphatic carbocycles. The number of aryl methyl sites for hydroxylation is 1. The summed E-state index contributed by atoms with van der Waals surface area (Å²) in [5.41, 5.74) is 5.16. The van der Waals surface area contributed by atoms with Crippen molar-refractivity contribution in [3.63, 3.8) is 0 Å². The molecule has 0 aliphatic rings. The van der Waals surface area contributed by atoms with Crippen LogP contribution in [0.25, 0.3) is 11.3 Å². The van der Waals surface area contributed by atoms with Crippen LogP contribution in [0.5, 0.6) is 0 Å². The maximum Gasteiger partial charge on any atom is 0.255 e. The Morgan fingerprint density at radius 2 is 1.55 bits per heavy atom. The monoisotopic (exact) mass is 380 g/mol. The molecule has 0 spiro atoms. The molecule has 3 aromatic carbocycles. The Morgan fingerprint density at radius 3 is 2.34 bits per heavy atom. The first-order valence-electron chi connectivity index (χ1n) is 9.30. The fraction of sp³-hybridized carbons (Fsp3) is 0.0417. The third-order valence-corrected chi connectivity index (χ3v) is 4.44. The SMILES string of the molecule is Cc1ccc(-c2cc(Nc3cccc(C(=O)Nc4ccccc4)c3)ncn2)cc1. The first kappa shape index (κ1) is 18.4. The summed E-state index contributed by atoms with van der Waals surface area (Å²) >= 11 is 0. The molecule has 0 bridgehead atoms. The lowest BCUT2D eigenvalue weighted by Crippen LogP contribution is -2.11. The molecule has 0 unspecified atom stereocenters. The summed E-state index contributed by atoms with van der Waals surface area (Å²) in [6.07, 6.45) is 1.53. The van der Waals surface area contributed by atoms with Gasteiger partial charge in [-0.15, -0.1) is 0 Å². The summed E-state index contributed by atoms with van der Waals surface area (Å²) in [6.45, 7) is 2.05. The molecule has 0 aliphatic heterocycles. The number of nitrogens with one attached hydrogen (secondary N) is 2. The van der Waals surface area contributed by atoms with Gasteiger partial charge >= 0.3 is 0 Å². The molecule has 1 amide bonds. The average Bonchev–Trinajstić information content (AvgIpc) is 2.75. The largest absolute Gasteiger partial charge is 0.340 e. The predicted octanol–water partition coefficient (Wildman–Crippen LogP) is 5.45. The minimum Gasteiger partial charge on any atom is -0.340 e. The van der Waals surface area contributed by atoms with Crippen LogP contribution in [0.1, 0.15) is 15.9 Å². The van der Waals surface area contributed by atoms with Crippen LogP contribution in [0.15, 0.2) is 91.3 Å². The van der Waals surface area contributed by atoms with E-state index in [1.54, 1.807) is 12.1 Å². The van der Waals surface area contributed by atoms with Gasteiger partial charge in [-0.05, 0) is 37.3 Å². The number of amides is 1. The number of benzene rings is 3. The molecule has 0 fully saturated rings. The number of aromatic nitrogens is 2. The van der Waals surface area contributed by atoms with Gasteiger partial charge in [0.2, 0.25) is 0 Å². The Hall–Kier alpha value is -3.99. The first-order chi connectivity index (χ1) is 14.2. The van der Waals surface area contributed by atoms with Crippen molar-refractivity contribution >= 4 is 23.1 Å². The van der Waals surface area contributed by atoms with Crippen molar-refractivity contribution < 1.29 is 4.79 Å². The predicted molar refractivity (Wildman–Crippen MR) is 116 cm³/mol. The second kappa shape index (κ2) is 8.35. The number of rotatable bonds is 5. The lowest BCUT2D eigenvalue weighted by molar-refractivity contribution is 0.102. The standard InChI is InChI=1S/C24H20N4O/c1-17-10-12-18(13-11-17)22-15-23(26-16-25-22)27-21-9-5-6-19(14-21)24(29)28-20-7-3-2-4-8-20/h2-16H,1H3,(H,28,29)(H,25,26,27). The summed E-state index contributed by atoms with van der Waals surface area (Å²) in [5, 5.41) is 6.15. The van der Waals surface area contributed by atoms with Crippen LogP contribution in [-0.4, -0.2) is 15.9 Å². The summed E-state index contributed by atoms with van der Waals surface area (Å²) in [6, 6.07) is 26.8. The van der Waals surface area contributed by atoms with E-state index in [4.69, 9.17) is 0 Å². The minimum atomic E-state index is -0.164. The number of hydrogen-bond acceptors (Lipinski definition) is 4. The summed E-state index contributed by atoms with van der Waals surface area (Å²) in [5.74, 6) is 0.499. The van der Waals surface area contributed by atoms with Crippen LogP contribution in [0, 0.1) is 6.92 Å². The van der Waals surface area contributed by atoms with E-state index in [9.17, 15) is 4.79 Å². The molecular weight excluding hydrogens is 360 g/mol. The Bertz CT molecular complexity index is 1120. The zero-order valence-electron chi connectivity index (χ0n) is 16.0. The quantitative estimate of drug-likeness (QED) is 0.483. The molecule has 29 heavy (non-hydrogen) atoms. The van der Waals surface area contributed by atoms with E-state index >= 15 is 0 Å². The van der Waals surface area contributed by atoms with Crippen molar-refractivity contribution in [3.8, 4) is 11.3 Å². The summed E-state index contributed by atoms with van der Waals surface area (Å²) < 4.78 is 0. The first-order valence-corrected chi connectivity index (χ1v) is 9.30. The second-order valence-electron chi connectivity index (χ2n) is 6.68. The Labute approximate surface area is 169 Å². The van der Waals surface area contributed by atoms with E-state index in [1.807, 2.05) is 60.7 Å². The average molecular weight is 380 g/mol. The van der Waals surface area contributed by atoms with Crippen LogP contribution < -0.4 is 10.6 Å². The van der Waals surface area contributed by atoms with Crippen molar-refractivity contribution in [2.75, 3.05) is 10.6 Å². The van der Waals surface area contributed by atoms with E-state index in [-0.39, 0.29) is 5.91 Å². The molecule has 0 saturated carbocycles. The molecule has 4 rings (SSSR count). The Balaban J connectivity index is 1.51. The number of anilines is 3. The molecular formula is C24H20N4O. The highest BCUT2D eigenvalue weighted by atomic mass is 16.1. The molecule has 1 heterocycles. The molecule has 5 nitrogen and oxygen atoms in total. The van der Waals surface area contributed by atoms with E-state index < -0.39 is 0 Å². The highest BCUT2D eigenvalue weighted by Gasteiger charge is 2.08. The molecule has 0 saturated heterocycles. The van der Waals surface area contributed by atoms with Crippen molar-refractivity contribution in [2.24, 2.45) is 0 Å². The van der Waals surface area contributed by atoms with Gasteiger partial charge in [-0.1, -0.05) is 54.1 Å². The van der Waals surface area contributed by atoms with Gasteiger partial charge < -0.3 is 10.6 Å². The zero-order chi connectivity index (χ0) is 20.1. The van der Waals surface area contributed by atoms with Gasteiger partial charge in [-0.2, -0.15) is 0 Å². The Morgan fingerprint density at radius 1 is 0.793 bits per heavy atom. The number of carbonyl (C=O) groups excluding carboxylic acids is 1. The number of para-hydroxylation sites is 1. The van der Waals surface area contributed by atoms with Gasteiger partial charge in [-0.25, -0.2) is 9.97 Å². The molecule has 0 atom stereocenters. The van der Waals surface area contributed by atoms with Crippen LogP contribution >= 0.6 is 0 Å². The fourth-order valence-corrected chi connectivity index (χ4v) is 2.92. The van der Waals surface area contributed by atoms with Crippen molar-refractivity contribution in [1.82, 2.24) is 9.97 Å². The number of hydrogen-bond donors (Lipinski definition) is 2. The molecule has 1 aromatic heterocycles. The van der Waals surface area contributed by atoms with Gasteiger partial charge in [0.05, 0.1) is 5.69 Å². The van der Waals surface area contributed by atoms with Gasteiger partial charge in [-0.3, -0.25) is 4.79 Å². The topological polar surface area (TPSA) is 66.9 Å². The zero-order valence-corrected chi connectivity index (χ0v) is 16.0. The van der Waals surface area contributed by atoms with Crippen molar-refractivity contribution in [1.29, 1.82) is 0 Å². The van der Waals surface area contributed by atoms with Gasteiger partial charge in [0, 0.05) is 28.6 Å². The molecule has 2 N–H and O–H groups in total. The summed E-state index contributed by atoms with van der Waals surface area (Å²) in [7, 11) is 0. The van der Waals surface area contributed by atoms with E-state index in [0.29, 0.717) is 11.4 Å². The smallest absolute Gasteiger partial charge is 0.255 e. The van der Waals surface area contributed by atoms with Gasteiger partial charge in [0.1, 0.15) is 12.1 Å². The molecule has 142 valence electrons. The van der Waals surface area contributed by atoms with E-state index in [0.717, 1.165) is 22.6 Å². The normalized spacial score (nSPS) is 10.4. The Kier molecular flexibility index (Phi) is 5.29. The highest BCUT2D eigenvalue weighted by molar-refractivity contribution is 6.04. The van der Waals surface area contributed by atoms with Crippen LogP contribution in [0.3, 0.4) is 0 Å². The summed E-state index contributed by atoms with van der Waals surface area (Å²) in [4.78, 5) is 21.2. The van der Waals surface area contributed by atoms with Crippen LogP contribution in [-0.2, 0) is 0 Å². The van der Waals surface area contributed by atoms with E-state index in [1.165, 1.54) is 11.9 Å². The lowest BCUT2D eigenvalue weighted by Gasteiger charge is -2.10. The minimum absolute atomic E-state index is 0.164. The highest BCUT2D eigenvalue weighted by Crippen LogP contribution is 2.22. The van der Waals surface area contributed by atoms with Gasteiger partial charge in [0.25, 0.3) is 5.91 Å². The molecule has 0 radical (unpaired) electrons. The van der Waals surface area contributed by atoms with Crippen molar-refractivity contribution in [2.45, 2.75) is 6.92 Å². The fourth-order valence-electron chi connectivity index (χ4n) is 2.92. The molecule has 5 heteroatoms. The number of carbonyl (C=O) groups is 1.